The van der Waals surface area contributed by atoms with E-state index >= 15 is 0 Å². The highest BCUT2D eigenvalue weighted by molar-refractivity contribution is 6.07. The van der Waals surface area contributed by atoms with Crippen LogP contribution in [0.2, 0.25) is 0 Å². The zero-order chi connectivity index (χ0) is 21.0. The van der Waals surface area contributed by atoms with Gasteiger partial charge in [-0.15, -0.1) is 0 Å². The highest BCUT2D eigenvalue weighted by Gasteiger charge is 2.32. The summed E-state index contributed by atoms with van der Waals surface area (Å²) in [7, 11) is 0. The number of hydrogen-bond donors (Lipinski definition) is 1. The first-order chi connectivity index (χ1) is 13.8. The molecule has 1 aromatic carbocycles. The van der Waals surface area contributed by atoms with Gasteiger partial charge in [0.1, 0.15) is 17.1 Å². The van der Waals surface area contributed by atoms with Crippen LogP contribution in [0.3, 0.4) is 0 Å². The number of amidine groups is 1. The SMILES string of the molecule is CCCC(CC)C(=O)C1=CCC(NC(=O)COc2cccc3c2OC(C)(C)C3)=N1.[HH]. The number of amides is 1. The van der Waals surface area contributed by atoms with Gasteiger partial charge in [0.05, 0.1) is 0 Å². The van der Waals surface area contributed by atoms with Crippen LogP contribution in [0.5, 0.6) is 11.5 Å². The van der Waals surface area contributed by atoms with Gasteiger partial charge in [-0.1, -0.05) is 32.4 Å². The summed E-state index contributed by atoms with van der Waals surface area (Å²) in [6.45, 7) is 8.00. The molecule has 1 N–H and O–H groups in total. The Morgan fingerprint density at radius 2 is 2.14 bits per heavy atom. The lowest BCUT2D eigenvalue weighted by molar-refractivity contribution is -0.122. The first-order valence-electron chi connectivity index (χ1n) is 10.4. The van der Waals surface area contributed by atoms with Gasteiger partial charge in [-0.25, -0.2) is 4.99 Å². The average molecular weight is 401 g/mol. The van der Waals surface area contributed by atoms with Crippen LogP contribution in [0.25, 0.3) is 0 Å². The number of carbonyl (C=O) groups is 2. The standard InChI is InChI=1S/C23H30N2O4.H2/c1-5-8-15(6-2)21(27)17-11-12-19(24-17)25-20(26)14-28-18-10-7-9-16-13-23(3,4)29-22(16)18;/h7,9-11,15H,5-6,8,12-14H2,1-4H3,(H,24,25,26);1H. The molecule has 29 heavy (non-hydrogen) atoms. The van der Waals surface area contributed by atoms with Gasteiger partial charge in [-0.3, -0.25) is 9.59 Å². The minimum Gasteiger partial charge on any atom is -0.483 e. The summed E-state index contributed by atoms with van der Waals surface area (Å²) in [5.74, 6) is 1.52. The van der Waals surface area contributed by atoms with Crippen molar-refractivity contribution >= 4 is 17.5 Å². The second-order valence-electron chi connectivity index (χ2n) is 8.23. The molecular formula is C23H32N2O4. The number of allylic oxidation sites excluding steroid dienone is 1. The lowest BCUT2D eigenvalue weighted by atomic mass is 9.94. The Balaban J connectivity index is 0.00000320. The number of carbonyl (C=O) groups excluding carboxylic acids is 2. The molecule has 2 heterocycles. The van der Waals surface area contributed by atoms with E-state index < -0.39 is 0 Å². The van der Waals surface area contributed by atoms with Crippen LogP contribution in [0, 0.1) is 5.92 Å². The van der Waals surface area contributed by atoms with Gasteiger partial charge in [0.15, 0.2) is 23.9 Å². The van der Waals surface area contributed by atoms with Gasteiger partial charge in [-0.05, 0) is 38.8 Å². The third kappa shape index (κ3) is 5.05. The molecular weight excluding hydrogens is 368 g/mol. The molecule has 0 aliphatic carbocycles. The van der Waals surface area contributed by atoms with Crippen molar-refractivity contribution in [2.24, 2.45) is 10.9 Å². The van der Waals surface area contributed by atoms with Crippen molar-refractivity contribution in [1.82, 2.24) is 5.32 Å². The summed E-state index contributed by atoms with van der Waals surface area (Å²) in [4.78, 5) is 29.2. The third-order valence-electron chi connectivity index (χ3n) is 5.19. The Bertz CT molecular complexity index is 861. The zero-order valence-electron chi connectivity index (χ0n) is 17.7. The molecule has 6 nitrogen and oxygen atoms in total. The Morgan fingerprint density at radius 1 is 1.34 bits per heavy atom. The Labute approximate surface area is 173 Å². The summed E-state index contributed by atoms with van der Waals surface area (Å²) >= 11 is 0. The van der Waals surface area contributed by atoms with Crippen molar-refractivity contribution in [1.29, 1.82) is 0 Å². The number of benzene rings is 1. The van der Waals surface area contributed by atoms with Crippen molar-refractivity contribution in [2.75, 3.05) is 6.61 Å². The van der Waals surface area contributed by atoms with Gasteiger partial charge < -0.3 is 14.8 Å². The normalized spacial score (nSPS) is 17.7. The van der Waals surface area contributed by atoms with Crippen molar-refractivity contribution in [2.45, 2.75) is 65.4 Å². The highest BCUT2D eigenvalue weighted by Crippen LogP contribution is 2.41. The number of fused-ring (bicyclic) bond motifs is 1. The maximum atomic E-state index is 12.5. The number of ketones is 1. The van der Waals surface area contributed by atoms with E-state index in [9.17, 15) is 9.59 Å². The predicted octanol–water partition coefficient (Wildman–Crippen LogP) is 4.22. The van der Waals surface area contributed by atoms with E-state index in [-0.39, 0.29) is 31.2 Å². The second kappa shape index (κ2) is 8.80. The fraction of sp³-hybridized carbons (Fsp3) is 0.522. The average Bonchev–Trinajstić information content (AvgIpc) is 3.26. The molecule has 0 fully saturated rings. The number of hydrogen-bond acceptors (Lipinski definition) is 5. The number of para-hydroxylation sites is 1. The molecule has 0 saturated heterocycles. The smallest absolute Gasteiger partial charge is 0.263 e. The van der Waals surface area contributed by atoms with E-state index in [1.165, 1.54) is 0 Å². The predicted molar refractivity (Wildman–Crippen MR) is 114 cm³/mol. The summed E-state index contributed by atoms with van der Waals surface area (Å²) < 4.78 is 11.7. The summed E-state index contributed by atoms with van der Waals surface area (Å²) in [6, 6.07) is 5.72. The molecule has 0 spiro atoms. The van der Waals surface area contributed by atoms with Crippen LogP contribution in [-0.4, -0.2) is 29.7 Å². The van der Waals surface area contributed by atoms with Crippen molar-refractivity contribution in [3.8, 4) is 11.5 Å². The summed E-state index contributed by atoms with van der Waals surface area (Å²) in [6.07, 6.45) is 5.67. The van der Waals surface area contributed by atoms with E-state index in [4.69, 9.17) is 9.47 Å². The lowest BCUT2D eigenvalue weighted by Crippen LogP contribution is -2.33. The number of nitrogens with one attached hydrogen (secondary N) is 1. The minimum atomic E-state index is -0.304. The molecule has 1 unspecified atom stereocenters. The van der Waals surface area contributed by atoms with Gasteiger partial charge in [0.2, 0.25) is 0 Å². The first kappa shape index (κ1) is 21.1. The van der Waals surface area contributed by atoms with Crippen LogP contribution < -0.4 is 14.8 Å². The Kier molecular flexibility index (Phi) is 6.40. The number of rotatable bonds is 8. The fourth-order valence-corrected chi connectivity index (χ4v) is 3.78. The summed E-state index contributed by atoms with van der Waals surface area (Å²) in [5.41, 5.74) is 1.27. The number of ether oxygens (including phenoxy) is 2. The maximum absolute atomic E-state index is 12.5. The molecule has 1 atom stereocenters. The van der Waals surface area contributed by atoms with Gasteiger partial charge in [-0.2, -0.15) is 0 Å². The third-order valence-corrected chi connectivity index (χ3v) is 5.19. The van der Waals surface area contributed by atoms with Gasteiger partial charge in [0.25, 0.3) is 5.91 Å². The topological polar surface area (TPSA) is 77.0 Å². The summed E-state index contributed by atoms with van der Waals surface area (Å²) in [5, 5.41) is 2.75. The van der Waals surface area contributed by atoms with E-state index in [1.807, 2.05) is 32.9 Å². The van der Waals surface area contributed by atoms with Crippen molar-refractivity contribution < 1.29 is 20.5 Å². The van der Waals surface area contributed by atoms with Crippen LogP contribution >= 0.6 is 0 Å². The quantitative estimate of drug-likeness (QED) is 0.709. The van der Waals surface area contributed by atoms with E-state index in [0.29, 0.717) is 29.5 Å². The molecule has 2 aliphatic rings. The molecule has 0 bridgehead atoms. The molecule has 0 saturated carbocycles. The maximum Gasteiger partial charge on any atom is 0.263 e. The van der Waals surface area contributed by atoms with E-state index in [2.05, 4.69) is 17.2 Å². The molecule has 1 amide bonds. The Morgan fingerprint density at radius 3 is 2.86 bits per heavy atom. The molecule has 3 rings (SSSR count). The van der Waals surface area contributed by atoms with Gasteiger partial charge in [0, 0.05) is 25.7 Å². The lowest BCUT2D eigenvalue weighted by Gasteiger charge is -2.18. The van der Waals surface area contributed by atoms with E-state index in [0.717, 1.165) is 31.2 Å². The number of aliphatic imine (C=N–C) groups is 1. The molecule has 158 valence electrons. The monoisotopic (exact) mass is 400 g/mol. The zero-order valence-corrected chi connectivity index (χ0v) is 17.7. The van der Waals surface area contributed by atoms with Crippen molar-refractivity contribution in [3.63, 3.8) is 0 Å². The Hall–Kier alpha value is -2.63. The van der Waals surface area contributed by atoms with E-state index in [1.54, 1.807) is 12.1 Å². The van der Waals surface area contributed by atoms with Crippen LogP contribution in [0.4, 0.5) is 0 Å². The first-order valence-corrected chi connectivity index (χ1v) is 10.4. The second-order valence-corrected chi connectivity index (χ2v) is 8.23. The number of nitrogens with zero attached hydrogens (tertiary/aromatic N) is 1. The van der Waals surface area contributed by atoms with Crippen LogP contribution in [-0.2, 0) is 16.0 Å². The highest BCUT2D eigenvalue weighted by atomic mass is 16.5. The molecule has 2 aliphatic heterocycles. The number of Topliss-reactive ketones (excluding diaryl/α,β-unsaturated/α-hetero) is 1. The molecule has 0 aromatic heterocycles. The van der Waals surface area contributed by atoms with Crippen LogP contribution in [0.15, 0.2) is 35.0 Å². The largest absolute Gasteiger partial charge is 0.483 e. The van der Waals surface area contributed by atoms with Crippen molar-refractivity contribution in [3.05, 3.63) is 35.5 Å². The van der Waals surface area contributed by atoms with Gasteiger partial charge >= 0.3 is 0 Å². The molecule has 0 radical (unpaired) electrons. The van der Waals surface area contributed by atoms with Crippen LogP contribution in [0.1, 0.15) is 60.4 Å². The fourth-order valence-electron chi connectivity index (χ4n) is 3.78. The minimum absolute atomic E-state index is 0. The molecule has 6 heteroatoms. The molecule has 1 aromatic rings.